The van der Waals surface area contributed by atoms with Gasteiger partial charge in [0.25, 0.3) is 5.91 Å². The highest BCUT2D eigenvalue weighted by atomic mass is 19.1. The molecule has 6 rings (SSSR count). The highest BCUT2D eigenvalue weighted by Gasteiger charge is 2.63. The van der Waals surface area contributed by atoms with Gasteiger partial charge < -0.3 is 15.5 Å². The molecule has 204 valence electrons. The van der Waals surface area contributed by atoms with Crippen LogP contribution >= 0.6 is 0 Å². The summed E-state index contributed by atoms with van der Waals surface area (Å²) in [6.07, 6.45) is 9.75. The van der Waals surface area contributed by atoms with E-state index in [0.29, 0.717) is 30.7 Å². The molecule has 0 saturated heterocycles. The molecule has 3 aliphatic carbocycles. The van der Waals surface area contributed by atoms with Crippen molar-refractivity contribution in [2.24, 2.45) is 11.3 Å². The Bertz CT molecular complexity index is 1440. The molecule has 1 heterocycles. The molecule has 39 heavy (non-hydrogen) atoms. The fourth-order valence-electron chi connectivity index (χ4n) is 6.93. The Morgan fingerprint density at radius 3 is 2.64 bits per heavy atom. The molecule has 0 bridgehead atoms. The molecule has 0 aliphatic heterocycles. The number of rotatable bonds is 8. The summed E-state index contributed by atoms with van der Waals surface area (Å²) in [7, 11) is 0. The van der Waals surface area contributed by atoms with Crippen LogP contribution in [0.15, 0.2) is 60.3 Å². The summed E-state index contributed by atoms with van der Waals surface area (Å²) in [6, 6.07) is 13.9. The van der Waals surface area contributed by atoms with Gasteiger partial charge in [0.1, 0.15) is 5.82 Å². The lowest BCUT2D eigenvalue weighted by Crippen LogP contribution is -2.49. The number of aliphatic hydroxyl groups excluding tert-OH is 1. The number of amides is 1. The van der Waals surface area contributed by atoms with E-state index in [4.69, 9.17) is 0 Å². The average Bonchev–Trinajstić information content (AvgIpc) is 3.64. The van der Waals surface area contributed by atoms with Crippen LogP contribution in [0, 0.1) is 17.2 Å². The van der Waals surface area contributed by atoms with Crippen molar-refractivity contribution < 1.29 is 19.4 Å². The van der Waals surface area contributed by atoms with E-state index in [9.17, 15) is 19.4 Å². The van der Waals surface area contributed by atoms with Crippen LogP contribution in [0.5, 0.6) is 0 Å². The van der Waals surface area contributed by atoms with E-state index >= 15 is 0 Å². The summed E-state index contributed by atoms with van der Waals surface area (Å²) in [5.41, 5.74) is 3.80. The smallest absolute Gasteiger partial charge is 0.252 e. The number of benzene rings is 2. The molecule has 0 unspecified atom stereocenters. The maximum Gasteiger partial charge on any atom is 0.252 e. The topological polar surface area (TPSA) is 87.4 Å². The molecule has 0 radical (unpaired) electrons. The Balaban J connectivity index is 1.29. The SMILES string of the molecule is CC(C)(CO)NC(=O)c1ccccc1CC[C@]1(O)CCC2=Cc3c(cnn3-c3ccc(F)cc3)C[C@@]21C1CC1. The second-order valence-electron chi connectivity index (χ2n) is 12.2. The molecule has 6 nitrogen and oxygen atoms in total. The van der Waals surface area contributed by atoms with Crippen LogP contribution in [0.3, 0.4) is 0 Å². The van der Waals surface area contributed by atoms with Crippen molar-refractivity contribution in [3.8, 4) is 5.69 Å². The first-order valence-electron chi connectivity index (χ1n) is 13.9. The number of nitrogens with zero attached hydrogens (tertiary/aromatic N) is 2. The molecule has 3 aliphatic rings. The lowest BCUT2D eigenvalue weighted by atomic mass is 9.61. The summed E-state index contributed by atoms with van der Waals surface area (Å²) in [6.45, 7) is 3.43. The molecule has 1 amide bonds. The van der Waals surface area contributed by atoms with Crippen molar-refractivity contribution in [2.45, 2.75) is 69.9 Å². The molecular formula is C32H36FN3O3. The number of halogens is 1. The first kappa shape index (κ1) is 26.0. The van der Waals surface area contributed by atoms with E-state index in [2.05, 4.69) is 16.5 Å². The van der Waals surface area contributed by atoms with Gasteiger partial charge in [0.15, 0.2) is 0 Å². The quantitative estimate of drug-likeness (QED) is 0.383. The van der Waals surface area contributed by atoms with Gasteiger partial charge >= 0.3 is 0 Å². The maximum atomic E-state index is 13.5. The Hall–Kier alpha value is -3.29. The highest BCUT2D eigenvalue weighted by Crippen LogP contribution is 2.66. The van der Waals surface area contributed by atoms with Crippen molar-refractivity contribution in [1.29, 1.82) is 0 Å². The predicted molar refractivity (Wildman–Crippen MR) is 148 cm³/mol. The molecular weight excluding hydrogens is 493 g/mol. The molecule has 2 saturated carbocycles. The van der Waals surface area contributed by atoms with Crippen molar-refractivity contribution in [3.63, 3.8) is 0 Å². The van der Waals surface area contributed by atoms with Crippen LogP contribution in [0.25, 0.3) is 11.8 Å². The molecule has 7 heteroatoms. The monoisotopic (exact) mass is 529 g/mol. The van der Waals surface area contributed by atoms with Gasteiger partial charge in [-0.2, -0.15) is 5.10 Å². The van der Waals surface area contributed by atoms with Gasteiger partial charge in [-0.3, -0.25) is 4.79 Å². The van der Waals surface area contributed by atoms with Crippen LogP contribution in [0.2, 0.25) is 0 Å². The molecule has 0 spiro atoms. The van der Waals surface area contributed by atoms with E-state index in [1.165, 1.54) is 17.7 Å². The average molecular weight is 530 g/mol. The molecule has 2 aromatic carbocycles. The van der Waals surface area contributed by atoms with Gasteiger partial charge in [0.05, 0.1) is 35.3 Å². The number of aryl methyl sites for hydroxylation is 1. The van der Waals surface area contributed by atoms with Crippen molar-refractivity contribution in [1.82, 2.24) is 15.1 Å². The highest BCUT2D eigenvalue weighted by molar-refractivity contribution is 5.96. The molecule has 2 fully saturated rings. The van der Waals surface area contributed by atoms with Crippen molar-refractivity contribution in [3.05, 3.63) is 88.5 Å². The van der Waals surface area contributed by atoms with Crippen LogP contribution < -0.4 is 5.32 Å². The minimum absolute atomic E-state index is 0.153. The number of hydrogen-bond donors (Lipinski definition) is 3. The molecule has 1 aromatic heterocycles. The number of hydrogen-bond acceptors (Lipinski definition) is 4. The number of nitrogens with one attached hydrogen (secondary N) is 1. The predicted octanol–water partition coefficient (Wildman–Crippen LogP) is 5.01. The third-order valence-electron chi connectivity index (χ3n) is 9.14. The first-order chi connectivity index (χ1) is 18.7. The van der Waals surface area contributed by atoms with Gasteiger partial charge in [-0.1, -0.05) is 23.8 Å². The number of aromatic nitrogens is 2. The fourth-order valence-corrected chi connectivity index (χ4v) is 6.93. The van der Waals surface area contributed by atoms with Gasteiger partial charge in [-0.25, -0.2) is 9.07 Å². The summed E-state index contributed by atoms with van der Waals surface area (Å²) in [5, 5.41) is 29.6. The molecule has 3 N–H and O–H groups in total. The van der Waals surface area contributed by atoms with Gasteiger partial charge in [0, 0.05) is 11.0 Å². The van der Waals surface area contributed by atoms with E-state index in [-0.39, 0.29) is 23.7 Å². The van der Waals surface area contributed by atoms with Crippen LogP contribution in [-0.4, -0.2) is 43.6 Å². The number of aliphatic hydroxyl groups is 2. The van der Waals surface area contributed by atoms with Crippen LogP contribution in [0.4, 0.5) is 4.39 Å². The lowest BCUT2D eigenvalue weighted by molar-refractivity contribution is -0.0661. The standard InChI is InChI=1S/C32H36FN3O3/c1-30(2,20-37)35-29(38)27-6-4-3-5-21(27)13-15-31(39)16-14-24-17-28-22(18-32(24,31)23-7-8-23)19-34-36(28)26-11-9-25(33)10-12-26/h3-6,9-12,17,19,23,37,39H,7-8,13-16,18,20H2,1-2H3,(H,35,38)/t31-,32+/m0/s1. The second kappa shape index (κ2) is 9.42. The van der Waals surface area contributed by atoms with E-state index in [0.717, 1.165) is 48.2 Å². The van der Waals surface area contributed by atoms with Crippen LogP contribution in [-0.2, 0) is 12.8 Å². The summed E-state index contributed by atoms with van der Waals surface area (Å²) in [5.74, 6) is -0.0542. The van der Waals surface area contributed by atoms with Gasteiger partial charge in [-0.05, 0) is 112 Å². The van der Waals surface area contributed by atoms with Gasteiger partial charge in [-0.15, -0.1) is 0 Å². The Labute approximate surface area is 228 Å². The molecule has 2 atom stereocenters. The fraction of sp³-hybridized carbons (Fsp3) is 0.438. The van der Waals surface area contributed by atoms with Crippen LogP contribution in [0.1, 0.15) is 73.1 Å². The Kier molecular flexibility index (Phi) is 6.27. The normalized spacial score (nSPS) is 24.2. The van der Waals surface area contributed by atoms with E-state index in [1.807, 2.05) is 35.1 Å². The molecule has 3 aromatic rings. The van der Waals surface area contributed by atoms with Gasteiger partial charge in [0.2, 0.25) is 0 Å². The summed E-state index contributed by atoms with van der Waals surface area (Å²) < 4.78 is 15.4. The van der Waals surface area contributed by atoms with Crippen molar-refractivity contribution in [2.75, 3.05) is 6.61 Å². The van der Waals surface area contributed by atoms with E-state index < -0.39 is 11.1 Å². The summed E-state index contributed by atoms with van der Waals surface area (Å²) in [4.78, 5) is 13.1. The zero-order valence-corrected chi connectivity index (χ0v) is 22.6. The third-order valence-corrected chi connectivity index (χ3v) is 9.14. The van der Waals surface area contributed by atoms with Crippen molar-refractivity contribution >= 4 is 12.0 Å². The lowest BCUT2D eigenvalue weighted by Gasteiger charge is -2.46. The minimum atomic E-state index is -0.885. The number of carbonyl (C=O) groups excluding carboxylic acids is 1. The van der Waals surface area contributed by atoms with E-state index in [1.54, 1.807) is 26.0 Å². The zero-order chi connectivity index (χ0) is 27.4. The first-order valence-corrected chi connectivity index (χ1v) is 13.9. The Morgan fingerprint density at radius 1 is 1.18 bits per heavy atom. The summed E-state index contributed by atoms with van der Waals surface area (Å²) >= 11 is 0. The second-order valence-corrected chi connectivity index (χ2v) is 12.2. The zero-order valence-electron chi connectivity index (χ0n) is 22.6. The Morgan fingerprint density at radius 2 is 1.92 bits per heavy atom. The largest absolute Gasteiger partial charge is 0.394 e. The minimum Gasteiger partial charge on any atom is -0.394 e. The number of fused-ring (bicyclic) bond motifs is 2. The number of carbonyl (C=O) groups is 1. The third kappa shape index (κ3) is 4.42. The maximum absolute atomic E-state index is 13.5.